The second kappa shape index (κ2) is 9.08. The molecule has 0 unspecified atom stereocenters. The minimum atomic E-state index is -0.272. The van der Waals surface area contributed by atoms with E-state index >= 15 is 0 Å². The number of hydrogen-bond acceptors (Lipinski definition) is 3. The van der Waals surface area contributed by atoms with Crippen molar-refractivity contribution in [1.82, 2.24) is 4.90 Å². The van der Waals surface area contributed by atoms with Gasteiger partial charge in [-0.3, -0.25) is 9.59 Å². The van der Waals surface area contributed by atoms with Crippen molar-refractivity contribution in [3.05, 3.63) is 59.1 Å². The Bertz CT molecular complexity index is 749. The van der Waals surface area contributed by atoms with Crippen LogP contribution in [-0.2, 0) is 16.0 Å². The summed E-state index contributed by atoms with van der Waals surface area (Å²) in [6.07, 6.45) is 0.627. The van der Waals surface area contributed by atoms with Crippen LogP contribution in [0.3, 0.4) is 0 Å². The summed E-state index contributed by atoms with van der Waals surface area (Å²) in [4.78, 5) is 25.6. The molecule has 0 aliphatic carbocycles. The molecule has 1 N–H and O–H groups in total. The van der Waals surface area contributed by atoms with E-state index in [2.05, 4.69) is 5.32 Å². The summed E-state index contributed by atoms with van der Waals surface area (Å²) in [6.45, 7) is 1.87. The van der Waals surface area contributed by atoms with E-state index < -0.39 is 0 Å². The number of nitrogens with one attached hydrogen (secondary N) is 1. The maximum absolute atomic E-state index is 12.3. The zero-order valence-corrected chi connectivity index (χ0v) is 15.0. The molecule has 0 bridgehead atoms. The Kier molecular flexibility index (Phi) is 6.83. The number of anilines is 1. The van der Waals surface area contributed by atoms with Gasteiger partial charge in [0.1, 0.15) is 5.75 Å². The Balaban J connectivity index is 1.96. The van der Waals surface area contributed by atoms with Crippen LogP contribution in [0.5, 0.6) is 5.75 Å². The van der Waals surface area contributed by atoms with E-state index in [0.29, 0.717) is 29.4 Å². The summed E-state index contributed by atoms with van der Waals surface area (Å²) >= 11 is 5.97. The van der Waals surface area contributed by atoms with E-state index in [1.807, 2.05) is 24.3 Å². The molecule has 0 aliphatic heterocycles. The molecule has 5 nitrogen and oxygen atoms in total. The molecule has 132 valence electrons. The number of nitrogens with zero attached hydrogens (tertiary/aromatic N) is 1. The van der Waals surface area contributed by atoms with Crippen LogP contribution in [-0.4, -0.2) is 36.9 Å². The zero-order valence-electron chi connectivity index (χ0n) is 14.3. The third kappa shape index (κ3) is 5.80. The average molecular weight is 361 g/mol. The molecule has 0 saturated heterocycles. The van der Waals surface area contributed by atoms with Gasteiger partial charge in [0.2, 0.25) is 11.8 Å². The number of carbonyl (C=O) groups is 2. The lowest BCUT2D eigenvalue weighted by Gasteiger charge is -2.21. The highest BCUT2D eigenvalue weighted by Crippen LogP contribution is 2.22. The summed E-state index contributed by atoms with van der Waals surface area (Å²) in [5.74, 6) is 0.146. The quantitative estimate of drug-likeness (QED) is 0.823. The number of ether oxygens (including phenoxy) is 1. The van der Waals surface area contributed by atoms with Crippen LogP contribution in [0.15, 0.2) is 48.5 Å². The molecule has 6 heteroatoms. The van der Waals surface area contributed by atoms with Crippen LogP contribution in [0.1, 0.15) is 12.5 Å². The number of para-hydroxylation sites is 2. The monoisotopic (exact) mass is 360 g/mol. The fraction of sp³-hybridized carbons (Fsp3) is 0.263. The number of hydrogen-bond donors (Lipinski definition) is 1. The number of methoxy groups -OCH3 is 1. The van der Waals surface area contributed by atoms with Gasteiger partial charge in [0.25, 0.3) is 0 Å². The summed E-state index contributed by atoms with van der Waals surface area (Å²) < 4.78 is 5.21. The second-order valence-electron chi connectivity index (χ2n) is 5.57. The highest BCUT2D eigenvalue weighted by atomic mass is 35.5. The number of rotatable bonds is 7. The lowest BCUT2D eigenvalue weighted by Crippen LogP contribution is -2.38. The number of benzene rings is 2. The van der Waals surface area contributed by atoms with E-state index in [0.717, 1.165) is 5.56 Å². The van der Waals surface area contributed by atoms with Crippen molar-refractivity contribution in [2.24, 2.45) is 0 Å². The topological polar surface area (TPSA) is 58.6 Å². The van der Waals surface area contributed by atoms with Gasteiger partial charge >= 0.3 is 0 Å². The van der Waals surface area contributed by atoms with Gasteiger partial charge in [0, 0.05) is 18.5 Å². The number of carbonyl (C=O) groups excluding carboxylic acids is 2. The molecule has 0 radical (unpaired) electrons. The molecular formula is C19H21ClN2O3. The molecule has 0 aliphatic rings. The van der Waals surface area contributed by atoms with Crippen molar-refractivity contribution in [3.63, 3.8) is 0 Å². The third-order valence-corrected chi connectivity index (χ3v) is 3.96. The Morgan fingerprint density at radius 1 is 1.16 bits per heavy atom. The summed E-state index contributed by atoms with van der Waals surface area (Å²) in [7, 11) is 1.54. The maximum Gasteiger partial charge on any atom is 0.244 e. The van der Waals surface area contributed by atoms with Crippen LogP contribution in [0.2, 0.25) is 5.02 Å². The molecule has 0 spiro atoms. The molecule has 25 heavy (non-hydrogen) atoms. The van der Waals surface area contributed by atoms with E-state index in [-0.39, 0.29) is 18.4 Å². The summed E-state index contributed by atoms with van der Waals surface area (Å²) in [5, 5.41) is 3.43. The molecule has 2 aromatic rings. The Morgan fingerprint density at radius 3 is 2.60 bits per heavy atom. The van der Waals surface area contributed by atoms with Crippen LogP contribution >= 0.6 is 11.6 Å². The Morgan fingerprint density at radius 2 is 1.92 bits per heavy atom. The first-order valence-electron chi connectivity index (χ1n) is 7.92. The SMILES string of the molecule is COc1ccccc1NC(=O)CN(CCc1cccc(Cl)c1)C(C)=O. The molecule has 2 rings (SSSR count). The van der Waals surface area contributed by atoms with Crippen molar-refractivity contribution in [2.45, 2.75) is 13.3 Å². The molecule has 0 atom stereocenters. The second-order valence-corrected chi connectivity index (χ2v) is 6.01. The highest BCUT2D eigenvalue weighted by Gasteiger charge is 2.15. The van der Waals surface area contributed by atoms with Gasteiger partial charge in [0.05, 0.1) is 19.3 Å². The van der Waals surface area contributed by atoms with Crippen molar-refractivity contribution in [2.75, 3.05) is 25.5 Å². The van der Waals surface area contributed by atoms with E-state index in [1.165, 1.54) is 18.9 Å². The molecular weight excluding hydrogens is 340 g/mol. The maximum atomic E-state index is 12.3. The lowest BCUT2D eigenvalue weighted by atomic mass is 10.1. The van der Waals surface area contributed by atoms with Gasteiger partial charge in [-0.25, -0.2) is 0 Å². The van der Waals surface area contributed by atoms with Crippen LogP contribution in [0, 0.1) is 0 Å². The molecule has 0 fully saturated rings. The number of amides is 2. The Hall–Kier alpha value is -2.53. The minimum Gasteiger partial charge on any atom is -0.495 e. The fourth-order valence-electron chi connectivity index (χ4n) is 2.42. The van der Waals surface area contributed by atoms with Gasteiger partial charge in [-0.1, -0.05) is 35.9 Å². The Labute approximate surface area is 152 Å². The van der Waals surface area contributed by atoms with Crippen LogP contribution < -0.4 is 10.1 Å². The lowest BCUT2D eigenvalue weighted by molar-refractivity contribution is -0.132. The first-order valence-corrected chi connectivity index (χ1v) is 8.30. The summed E-state index contributed by atoms with van der Waals surface area (Å²) in [6, 6.07) is 14.6. The van der Waals surface area contributed by atoms with Crippen molar-refractivity contribution < 1.29 is 14.3 Å². The van der Waals surface area contributed by atoms with E-state index in [4.69, 9.17) is 16.3 Å². The molecule has 0 saturated carbocycles. The third-order valence-electron chi connectivity index (χ3n) is 3.72. The first-order chi connectivity index (χ1) is 12.0. The van der Waals surface area contributed by atoms with Crippen molar-refractivity contribution in [1.29, 1.82) is 0 Å². The van der Waals surface area contributed by atoms with E-state index in [1.54, 1.807) is 24.3 Å². The van der Waals surface area contributed by atoms with Gasteiger partial charge in [-0.2, -0.15) is 0 Å². The van der Waals surface area contributed by atoms with Crippen LogP contribution in [0.4, 0.5) is 5.69 Å². The zero-order chi connectivity index (χ0) is 18.2. The van der Waals surface area contributed by atoms with Crippen LogP contribution in [0.25, 0.3) is 0 Å². The van der Waals surface area contributed by atoms with Gasteiger partial charge in [0.15, 0.2) is 0 Å². The average Bonchev–Trinajstić information content (AvgIpc) is 2.59. The van der Waals surface area contributed by atoms with Gasteiger partial charge in [-0.05, 0) is 36.2 Å². The van der Waals surface area contributed by atoms with Crippen molar-refractivity contribution in [3.8, 4) is 5.75 Å². The number of halogens is 1. The minimum absolute atomic E-state index is 0.0199. The van der Waals surface area contributed by atoms with Gasteiger partial charge in [-0.15, -0.1) is 0 Å². The van der Waals surface area contributed by atoms with Crippen molar-refractivity contribution >= 4 is 29.1 Å². The molecule has 2 aromatic carbocycles. The normalized spacial score (nSPS) is 10.2. The molecule has 2 amide bonds. The fourth-order valence-corrected chi connectivity index (χ4v) is 2.63. The smallest absolute Gasteiger partial charge is 0.244 e. The highest BCUT2D eigenvalue weighted by molar-refractivity contribution is 6.30. The predicted octanol–water partition coefficient (Wildman–Crippen LogP) is 3.38. The molecule has 0 heterocycles. The first kappa shape index (κ1) is 18.8. The largest absolute Gasteiger partial charge is 0.495 e. The van der Waals surface area contributed by atoms with Gasteiger partial charge < -0.3 is 15.0 Å². The van der Waals surface area contributed by atoms with E-state index in [9.17, 15) is 9.59 Å². The summed E-state index contributed by atoms with van der Waals surface area (Å²) in [5.41, 5.74) is 1.59. The standard InChI is InChI=1S/C19H21ClN2O3/c1-14(23)22(11-10-15-6-5-7-16(20)12-15)13-19(24)21-17-8-3-4-9-18(17)25-2/h3-9,12H,10-11,13H2,1-2H3,(H,21,24). The predicted molar refractivity (Wildman–Crippen MR) is 99.0 cm³/mol. The molecule has 0 aromatic heterocycles.